The normalized spacial score (nSPS) is 13.1. The lowest BCUT2D eigenvalue weighted by molar-refractivity contribution is 0.0702. The van der Waals surface area contributed by atoms with E-state index in [1.165, 1.54) is 12.1 Å². The number of nitrogens with one attached hydrogen (secondary N) is 1. The van der Waals surface area contributed by atoms with Crippen LogP contribution in [-0.4, -0.2) is 19.5 Å². The van der Waals surface area contributed by atoms with E-state index in [0.29, 0.717) is 0 Å². The third-order valence-corrected chi connectivity index (χ3v) is 5.79. The van der Waals surface area contributed by atoms with Crippen LogP contribution in [0.25, 0.3) is 0 Å². The highest BCUT2D eigenvalue weighted by Gasteiger charge is 2.21. The summed E-state index contributed by atoms with van der Waals surface area (Å²) in [4.78, 5) is 10.8. The summed E-state index contributed by atoms with van der Waals surface area (Å²) in [6, 6.07) is 11.3. The van der Waals surface area contributed by atoms with E-state index in [-0.39, 0.29) is 9.09 Å². The molecule has 106 valence electrons. The molecule has 0 spiro atoms. The SMILES string of the molecule is C[C@@H](NS(=O)(=O)c1ccc(C(=O)O)s1)c1ccccc1. The van der Waals surface area contributed by atoms with Crippen LogP contribution in [-0.2, 0) is 10.0 Å². The third-order valence-electron chi connectivity index (χ3n) is 2.69. The van der Waals surface area contributed by atoms with Gasteiger partial charge in [-0.05, 0) is 24.6 Å². The van der Waals surface area contributed by atoms with Gasteiger partial charge >= 0.3 is 5.97 Å². The van der Waals surface area contributed by atoms with Gasteiger partial charge in [-0.3, -0.25) is 0 Å². The van der Waals surface area contributed by atoms with Gasteiger partial charge in [-0.1, -0.05) is 30.3 Å². The Morgan fingerprint density at radius 1 is 1.20 bits per heavy atom. The summed E-state index contributed by atoms with van der Waals surface area (Å²) in [5, 5.41) is 8.82. The number of carbonyl (C=O) groups is 1. The van der Waals surface area contributed by atoms with Crippen LogP contribution in [0.5, 0.6) is 0 Å². The van der Waals surface area contributed by atoms with Gasteiger partial charge in [0.2, 0.25) is 0 Å². The molecule has 0 aliphatic heterocycles. The fourth-order valence-electron chi connectivity index (χ4n) is 1.68. The van der Waals surface area contributed by atoms with Crippen molar-refractivity contribution in [3.8, 4) is 0 Å². The third kappa shape index (κ3) is 3.24. The van der Waals surface area contributed by atoms with Crippen molar-refractivity contribution in [3.63, 3.8) is 0 Å². The largest absolute Gasteiger partial charge is 0.477 e. The highest BCUT2D eigenvalue weighted by Crippen LogP contribution is 2.23. The van der Waals surface area contributed by atoms with E-state index in [0.717, 1.165) is 16.9 Å². The highest BCUT2D eigenvalue weighted by molar-refractivity contribution is 7.91. The molecule has 0 aliphatic rings. The first-order chi connectivity index (χ1) is 9.40. The summed E-state index contributed by atoms with van der Waals surface area (Å²) in [7, 11) is -3.72. The van der Waals surface area contributed by atoms with E-state index in [4.69, 9.17) is 5.11 Å². The molecule has 2 aromatic rings. The standard InChI is InChI=1S/C13H13NO4S2/c1-9(10-5-3-2-4-6-10)14-20(17,18)12-8-7-11(19-12)13(15)16/h2-9,14H,1H3,(H,15,16)/t9-/m1/s1. The second-order valence-electron chi connectivity index (χ2n) is 4.18. The first kappa shape index (κ1) is 14.7. The van der Waals surface area contributed by atoms with Gasteiger partial charge in [-0.2, -0.15) is 0 Å². The molecular weight excluding hydrogens is 298 g/mol. The average Bonchev–Trinajstić information content (AvgIpc) is 2.90. The molecule has 0 amide bonds. The molecule has 5 nitrogen and oxygen atoms in total. The van der Waals surface area contributed by atoms with Gasteiger partial charge < -0.3 is 5.11 Å². The minimum atomic E-state index is -3.72. The summed E-state index contributed by atoms with van der Waals surface area (Å²) >= 11 is 0.735. The molecular formula is C13H13NO4S2. The van der Waals surface area contributed by atoms with Crippen molar-refractivity contribution >= 4 is 27.3 Å². The lowest BCUT2D eigenvalue weighted by Crippen LogP contribution is -2.26. The molecule has 7 heteroatoms. The van der Waals surface area contributed by atoms with Crippen molar-refractivity contribution in [1.29, 1.82) is 0 Å². The Labute approximate surface area is 120 Å². The molecule has 0 fully saturated rings. The maximum Gasteiger partial charge on any atom is 0.345 e. The van der Waals surface area contributed by atoms with E-state index in [2.05, 4.69) is 4.72 Å². The Morgan fingerprint density at radius 3 is 2.40 bits per heavy atom. The first-order valence-electron chi connectivity index (χ1n) is 5.80. The second kappa shape index (κ2) is 5.74. The molecule has 1 heterocycles. The molecule has 0 unspecified atom stereocenters. The Bertz CT molecular complexity index is 707. The van der Waals surface area contributed by atoms with E-state index in [1.54, 1.807) is 6.92 Å². The van der Waals surface area contributed by atoms with Gasteiger partial charge in [0.25, 0.3) is 10.0 Å². The highest BCUT2D eigenvalue weighted by atomic mass is 32.2. The fraction of sp³-hybridized carbons (Fsp3) is 0.154. The number of hydrogen-bond acceptors (Lipinski definition) is 4. The topological polar surface area (TPSA) is 83.5 Å². The minimum Gasteiger partial charge on any atom is -0.477 e. The lowest BCUT2D eigenvalue weighted by Gasteiger charge is -2.13. The van der Waals surface area contributed by atoms with E-state index in [9.17, 15) is 13.2 Å². The van der Waals surface area contributed by atoms with Crippen LogP contribution < -0.4 is 4.72 Å². The molecule has 1 atom stereocenters. The predicted octanol–water partition coefficient (Wildman–Crippen LogP) is 2.49. The molecule has 0 saturated heterocycles. The summed E-state index contributed by atoms with van der Waals surface area (Å²) in [6.07, 6.45) is 0. The Kier molecular flexibility index (Phi) is 4.22. The maximum atomic E-state index is 12.2. The molecule has 0 radical (unpaired) electrons. The van der Waals surface area contributed by atoms with E-state index in [1.807, 2.05) is 30.3 Å². The zero-order valence-electron chi connectivity index (χ0n) is 10.6. The fourth-order valence-corrected chi connectivity index (χ4v) is 4.07. The van der Waals surface area contributed by atoms with Gasteiger partial charge in [-0.25, -0.2) is 17.9 Å². The summed E-state index contributed by atoms with van der Waals surface area (Å²) in [6.45, 7) is 1.73. The first-order valence-corrected chi connectivity index (χ1v) is 8.10. The minimum absolute atomic E-state index is 0.00209. The number of carboxylic acids is 1. The summed E-state index contributed by atoms with van der Waals surface area (Å²) in [5.74, 6) is -1.13. The molecule has 2 rings (SSSR count). The van der Waals surface area contributed by atoms with Crippen LogP contribution in [0.3, 0.4) is 0 Å². The Hall–Kier alpha value is -1.70. The number of thiophene rings is 1. The molecule has 0 saturated carbocycles. The number of rotatable bonds is 5. The number of aromatic carboxylic acids is 1. The molecule has 1 aromatic carbocycles. The van der Waals surface area contributed by atoms with E-state index >= 15 is 0 Å². The van der Waals surface area contributed by atoms with E-state index < -0.39 is 22.0 Å². The zero-order valence-corrected chi connectivity index (χ0v) is 12.2. The van der Waals surface area contributed by atoms with Crippen LogP contribution in [0.15, 0.2) is 46.7 Å². The van der Waals surface area contributed by atoms with Crippen molar-refractivity contribution in [3.05, 3.63) is 52.9 Å². The van der Waals surface area contributed by atoms with Gasteiger partial charge in [0.05, 0.1) is 0 Å². The lowest BCUT2D eigenvalue weighted by atomic mass is 10.1. The number of benzene rings is 1. The van der Waals surface area contributed by atoms with Crippen LogP contribution in [0.4, 0.5) is 0 Å². The summed E-state index contributed by atoms with van der Waals surface area (Å²) < 4.78 is 26.8. The van der Waals surface area contributed by atoms with Crippen molar-refractivity contribution in [2.75, 3.05) is 0 Å². The van der Waals surface area contributed by atoms with Crippen LogP contribution >= 0.6 is 11.3 Å². The molecule has 0 bridgehead atoms. The molecule has 1 aromatic heterocycles. The van der Waals surface area contributed by atoms with Crippen LogP contribution in [0.1, 0.15) is 28.2 Å². The second-order valence-corrected chi connectivity index (χ2v) is 7.20. The number of hydrogen-bond donors (Lipinski definition) is 2. The van der Waals surface area contributed by atoms with Gasteiger partial charge in [0, 0.05) is 6.04 Å². The van der Waals surface area contributed by atoms with Gasteiger partial charge in [-0.15, -0.1) is 11.3 Å². The predicted molar refractivity (Wildman–Crippen MR) is 76.5 cm³/mol. The van der Waals surface area contributed by atoms with Crippen LogP contribution in [0.2, 0.25) is 0 Å². The van der Waals surface area contributed by atoms with Crippen LogP contribution in [0, 0.1) is 0 Å². The number of sulfonamides is 1. The maximum absolute atomic E-state index is 12.2. The quantitative estimate of drug-likeness (QED) is 0.888. The molecule has 0 aliphatic carbocycles. The Balaban J connectivity index is 2.20. The van der Waals surface area contributed by atoms with Gasteiger partial charge in [0.1, 0.15) is 9.09 Å². The van der Waals surface area contributed by atoms with Crippen molar-refractivity contribution in [1.82, 2.24) is 4.72 Å². The zero-order chi connectivity index (χ0) is 14.8. The summed E-state index contributed by atoms with van der Waals surface area (Å²) in [5.41, 5.74) is 0.839. The van der Waals surface area contributed by atoms with Crippen molar-refractivity contribution in [2.45, 2.75) is 17.2 Å². The monoisotopic (exact) mass is 311 g/mol. The number of carboxylic acid groups (broad SMARTS) is 1. The molecule has 20 heavy (non-hydrogen) atoms. The Morgan fingerprint density at radius 2 is 1.85 bits per heavy atom. The van der Waals surface area contributed by atoms with Gasteiger partial charge in [0.15, 0.2) is 0 Å². The average molecular weight is 311 g/mol. The smallest absolute Gasteiger partial charge is 0.345 e. The van der Waals surface area contributed by atoms with Crippen molar-refractivity contribution < 1.29 is 18.3 Å². The molecule has 2 N–H and O–H groups in total. The van der Waals surface area contributed by atoms with Crippen molar-refractivity contribution in [2.24, 2.45) is 0 Å².